The number of nitrogens with one attached hydrogen (secondary N) is 2. The highest BCUT2D eigenvalue weighted by Gasteiger charge is 2.28. The molecule has 0 fully saturated rings. The van der Waals surface area contributed by atoms with Crippen LogP contribution in [0.15, 0.2) is 46.8 Å². The molecule has 26 heavy (non-hydrogen) atoms. The average molecular weight is 499 g/mol. The number of ether oxygens (including phenoxy) is 1. The van der Waals surface area contributed by atoms with Gasteiger partial charge in [0.2, 0.25) is 0 Å². The number of hydrogen-bond donors (Lipinski definition) is 2. The van der Waals surface area contributed by atoms with E-state index in [4.69, 9.17) is 4.74 Å². The fourth-order valence-corrected chi connectivity index (χ4v) is 2.67. The van der Waals surface area contributed by atoms with E-state index >= 15 is 0 Å². The Morgan fingerprint density at radius 2 is 1.92 bits per heavy atom. The summed E-state index contributed by atoms with van der Waals surface area (Å²) in [6, 6.07) is 10.6. The summed E-state index contributed by atoms with van der Waals surface area (Å²) >= 11 is 1.64. The van der Waals surface area contributed by atoms with Gasteiger partial charge in [0.1, 0.15) is 5.75 Å². The lowest BCUT2D eigenvalue weighted by atomic mass is 10.2. The van der Waals surface area contributed by atoms with Crippen LogP contribution in [0.4, 0.5) is 13.2 Å². The largest absolute Gasteiger partial charge is 0.484 e. The fourth-order valence-electron chi connectivity index (χ4n) is 2.02. The van der Waals surface area contributed by atoms with E-state index in [0.29, 0.717) is 24.6 Å². The fraction of sp³-hybridized carbons (Fsp3) is 0.353. The highest BCUT2D eigenvalue weighted by atomic mass is 127. The van der Waals surface area contributed by atoms with E-state index in [0.717, 1.165) is 0 Å². The maximum absolute atomic E-state index is 12.4. The van der Waals surface area contributed by atoms with Gasteiger partial charge in [0.05, 0.1) is 13.1 Å². The molecule has 0 radical (unpaired) electrons. The molecule has 0 aliphatic heterocycles. The van der Waals surface area contributed by atoms with Crippen molar-refractivity contribution in [2.75, 3.05) is 13.2 Å². The Kier molecular flexibility index (Phi) is 9.78. The molecule has 1 heterocycles. The number of alkyl halides is 3. The molecule has 1 aromatic heterocycles. The maximum atomic E-state index is 12.4. The van der Waals surface area contributed by atoms with Crippen molar-refractivity contribution >= 4 is 41.3 Å². The number of guanidine groups is 1. The molecule has 4 nitrogen and oxygen atoms in total. The lowest BCUT2D eigenvalue weighted by molar-refractivity contribution is -0.153. The minimum absolute atomic E-state index is 0. The zero-order valence-corrected chi connectivity index (χ0v) is 17.3. The van der Waals surface area contributed by atoms with Crippen LogP contribution in [0.25, 0.3) is 0 Å². The molecule has 0 bridgehead atoms. The summed E-state index contributed by atoms with van der Waals surface area (Å²) in [7, 11) is 0. The molecule has 2 N–H and O–H groups in total. The van der Waals surface area contributed by atoms with Crippen molar-refractivity contribution in [3.05, 3.63) is 52.2 Å². The average Bonchev–Trinajstić information content (AvgIpc) is 3.09. The van der Waals surface area contributed by atoms with Crippen molar-refractivity contribution in [3.63, 3.8) is 0 Å². The van der Waals surface area contributed by atoms with Gasteiger partial charge in [-0.3, -0.25) is 0 Å². The van der Waals surface area contributed by atoms with E-state index in [1.54, 1.807) is 29.5 Å². The molecule has 0 aliphatic carbocycles. The molecule has 2 aromatic rings. The van der Waals surface area contributed by atoms with Crippen molar-refractivity contribution in [3.8, 4) is 5.75 Å². The summed E-state index contributed by atoms with van der Waals surface area (Å²) in [5.74, 6) is 0.791. The highest BCUT2D eigenvalue weighted by molar-refractivity contribution is 14.0. The zero-order valence-electron chi connectivity index (χ0n) is 14.2. The van der Waals surface area contributed by atoms with Crippen LogP contribution < -0.4 is 15.4 Å². The van der Waals surface area contributed by atoms with Gasteiger partial charge in [-0.2, -0.15) is 13.2 Å². The van der Waals surface area contributed by atoms with Crippen LogP contribution in [0.1, 0.15) is 17.4 Å². The molecular weight excluding hydrogens is 478 g/mol. The SMILES string of the molecule is CCNC(=NCc1ccccc1OCC(F)(F)F)NCc1cccs1.I. The van der Waals surface area contributed by atoms with E-state index < -0.39 is 12.8 Å². The molecule has 144 valence electrons. The van der Waals surface area contributed by atoms with Gasteiger partial charge in [0.15, 0.2) is 12.6 Å². The third kappa shape index (κ3) is 8.26. The molecule has 2 rings (SSSR count). The number of aliphatic imine (C=N–C) groups is 1. The second kappa shape index (κ2) is 11.3. The standard InChI is InChI=1S/C17H20F3N3OS.HI/c1-2-21-16(23-11-14-7-5-9-25-14)22-10-13-6-3-4-8-15(13)24-12-17(18,19)20;/h3-9H,2,10-12H2,1H3,(H2,21,22,23);1H. The number of nitrogens with zero attached hydrogens (tertiary/aromatic N) is 1. The predicted molar refractivity (Wildman–Crippen MR) is 109 cm³/mol. The van der Waals surface area contributed by atoms with Crippen LogP contribution in [0, 0.1) is 0 Å². The smallest absolute Gasteiger partial charge is 0.422 e. The van der Waals surface area contributed by atoms with Gasteiger partial charge in [-0.1, -0.05) is 24.3 Å². The Bertz CT molecular complexity index is 678. The summed E-state index contributed by atoms with van der Waals surface area (Å²) in [5.41, 5.74) is 0.597. The minimum Gasteiger partial charge on any atom is -0.484 e. The molecular formula is C17H21F3IN3OS. The second-order valence-electron chi connectivity index (χ2n) is 5.14. The van der Waals surface area contributed by atoms with Crippen molar-refractivity contribution in [1.29, 1.82) is 0 Å². The lowest BCUT2D eigenvalue weighted by Crippen LogP contribution is -2.36. The molecule has 1 aromatic carbocycles. The molecule has 0 unspecified atom stereocenters. The van der Waals surface area contributed by atoms with E-state index in [1.165, 1.54) is 10.9 Å². The first-order valence-electron chi connectivity index (χ1n) is 7.80. The van der Waals surface area contributed by atoms with Gasteiger partial charge >= 0.3 is 6.18 Å². The van der Waals surface area contributed by atoms with E-state index in [2.05, 4.69) is 15.6 Å². The maximum Gasteiger partial charge on any atom is 0.422 e. The predicted octanol–water partition coefficient (Wildman–Crippen LogP) is 4.56. The highest BCUT2D eigenvalue weighted by Crippen LogP contribution is 2.22. The van der Waals surface area contributed by atoms with Crippen molar-refractivity contribution < 1.29 is 17.9 Å². The van der Waals surface area contributed by atoms with Gasteiger partial charge in [0, 0.05) is 17.0 Å². The first-order chi connectivity index (χ1) is 12.0. The molecule has 0 aliphatic rings. The molecule has 0 amide bonds. The van der Waals surface area contributed by atoms with E-state index in [-0.39, 0.29) is 36.3 Å². The molecule has 0 saturated carbocycles. The minimum atomic E-state index is -4.37. The van der Waals surface area contributed by atoms with Gasteiger partial charge in [-0.15, -0.1) is 35.3 Å². The molecule has 0 saturated heterocycles. The summed E-state index contributed by atoms with van der Waals surface area (Å²) in [6.07, 6.45) is -4.37. The summed E-state index contributed by atoms with van der Waals surface area (Å²) in [4.78, 5) is 5.59. The summed E-state index contributed by atoms with van der Waals surface area (Å²) in [6.45, 7) is 2.17. The number of hydrogen-bond acceptors (Lipinski definition) is 3. The van der Waals surface area contributed by atoms with Crippen LogP contribution in [0.2, 0.25) is 0 Å². The Morgan fingerprint density at radius 1 is 1.15 bits per heavy atom. The second-order valence-corrected chi connectivity index (χ2v) is 6.17. The number of para-hydroxylation sites is 1. The van der Waals surface area contributed by atoms with Gasteiger partial charge in [0.25, 0.3) is 0 Å². The monoisotopic (exact) mass is 499 g/mol. The molecule has 0 atom stereocenters. The quantitative estimate of drug-likeness (QED) is 0.334. The number of thiophene rings is 1. The van der Waals surface area contributed by atoms with Gasteiger partial charge in [-0.25, -0.2) is 4.99 Å². The van der Waals surface area contributed by atoms with Crippen LogP contribution >= 0.6 is 35.3 Å². The zero-order chi connectivity index (χ0) is 18.1. The van der Waals surface area contributed by atoms with Crippen LogP contribution in [-0.4, -0.2) is 25.3 Å². The Hall–Kier alpha value is -1.49. The van der Waals surface area contributed by atoms with E-state index in [1.807, 2.05) is 24.4 Å². The normalized spacial score (nSPS) is 11.6. The Morgan fingerprint density at radius 3 is 2.58 bits per heavy atom. The van der Waals surface area contributed by atoms with Gasteiger partial charge in [-0.05, 0) is 24.4 Å². The van der Waals surface area contributed by atoms with Crippen molar-refractivity contribution in [1.82, 2.24) is 10.6 Å². The van der Waals surface area contributed by atoms with Crippen LogP contribution in [0.5, 0.6) is 5.75 Å². The number of halogens is 4. The first kappa shape index (κ1) is 22.6. The summed E-state index contributed by atoms with van der Waals surface area (Å²) < 4.78 is 41.9. The third-order valence-corrected chi connectivity index (χ3v) is 4.00. The van der Waals surface area contributed by atoms with Gasteiger partial charge < -0.3 is 15.4 Å². The third-order valence-electron chi connectivity index (χ3n) is 3.13. The topological polar surface area (TPSA) is 45.7 Å². The number of benzene rings is 1. The molecule has 9 heteroatoms. The van der Waals surface area contributed by atoms with Crippen molar-refractivity contribution in [2.24, 2.45) is 4.99 Å². The number of rotatable bonds is 7. The van der Waals surface area contributed by atoms with E-state index in [9.17, 15) is 13.2 Å². The first-order valence-corrected chi connectivity index (χ1v) is 8.68. The lowest BCUT2D eigenvalue weighted by Gasteiger charge is -2.13. The Labute approximate surface area is 171 Å². The van der Waals surface area contributed by atoms with Crippen LogP contribution in [0.3, 0.4) is 0 Å². The van der Waals surface area contributed by atoms with Crippen LogP contribution in [-0.2, 0) is 13.1 Å². The summed E-state index contributed by atoms with van der Waals surface area (Å²) in [5, 5.41) is 8.31. The van der Waals surface area contributed by atoms with Crippen molar-refractivity contribution in [2.45, 2.75) is 26.2 Å². The molecule has 0 spiro atoms. The Balaban J connectivity index is 0.00000338.